The molecule has 13 heteroatoms. The van der Waals surface area contributed by atoms with E-state index in [1.807, 2.05) is 0 Å². The number of rotatable bonds is 13. The zero-order chi connectivity index (χ0) is 29.9. The van der Waals surface area contributed by atoms with Crippen LogP contribution in [0.4, 0.5) is 4.79 Å². The van der Waals surface area contributed by atoms with E-state index in [0.29, 0.717) is 45.2 Å². The number of halogens is 1. The van der Waals surface area contributed by atoms with Crippen LogP contribution in [0, 0.1) is 0 Å². The number of amides is 3. The average molecular weight is 631 g/mol. The summed E-state index contributed by atoms with van der Waals surface area (Å²) < 4.78 is 27.8. The van der Waals surface area contributed by atoms with Crippen molar-refractivity contribution in [3.8, 4) is 23.0 Å². The molecule has 2 aromatic carbocycles. The zero-order valence-corrected chi connectivity index (χ0v) is 24.6. The standard InChI is InChI=1S/C28H31BrN4O8/c1-6-10-40-26-19(29)11-17(12-22(26)38-5)14-30-33-23(34)15-41-20-9-8-18(13-21(20)37-4)25-24(27(35)39-7-2)16(3)31-28(36)32-25/h6,8-9,11-14,25H,1,7,10,15H2,2-5H3,(H,33,34)(H2,31,32,36)/b30-14-/t25-/m0/s1. The molecule has 0 saturated heterocycles. The molecule has 12 nitrogen and oxygen atoms in total. The molecule has 218 valence electrons. The number of ether oxygens (including phenoxy) is 5. The van der Waals surface area contributed by atoms with Crippen LogP contribution in [0.25, 0.3) is 0 Å². The fourth-order valence-corrected chi connectivity index (χ4v) is 4.43. The second-order valence-electron chi connectivity index (χ2n) is 8.42. The van der Waals surface area contributed by atoms with Gasteiger partial charge in [-0.3, -0.25) is 4.79 Å². The van der Waals surface area contributed by atoms with Crippen molar-refractivity contribution in [2.24, 2.45) is 5.10 Å². The normalized spacial score (nSPS) is 14.6. The molecule has 0 aromatic heterocycles. The fraction of sp³-hybridized carbons (Fsp3) is 0.286. The Morgan fingerprint density at radius 3 is 2.56 bits per heavy atom. The van der Waals surface area contributed by atoms with Crippen LogP contribution < -0.4 is 35.0 Å². The Morgan fingerprint density at radius 1 is 1.12 bits per heavy atom. The van der Waals surface area contributed by atoms with Crippen molar-refractivity contribution in [3.63, 3.8) is 0 Å². The van der Waals surface area contributed by atoms with Gasteiger partial charge in [-0.15, -0.1) is 0 Å². The molecule has 0 radical (unpaired) electrons. The first-order chi connectivity index (χ1) is 19.7. The highest BCUT2D eigenvalue weighted by Gasteiger charge is 2.32. The maximum Gasteiger partial charge on any atom is 0.338 e. The number of hydrogen-bond donors (Lipinski definition) is 3. The lowest BCUT2D eigenvalue weighted by atomic mass is 9.95. The van der Waals surface area contributed by atoms with Crippen LogP contribution >= 0.6 is 15.9 Å². The molecule has 0 bridgehead atoms. The number of methoxy groups -OCH3 is 2. The lowest BCUT2D eigenvalue weighted by molar-refractivity contribution is -0.139. The van der Waals surface area contributed by atoms with Gasteiger partial charge in [0, 0.05) is 5.70 Å². The third kappa shape index (κ3) is 8.01. The van der Waals surface area contributed by atoms with Crippen molar-refractivity contribution in [1.29, 1.82) is 0 Å². The number of esters is 1. The largest absolute Gasteiger partial charge is 0.493 e. The number of nitrogens with zero attached hydrogens (tertiary/aromatic N) is 1. The molecule has 3 N–H and O–H groups in total. The predicted octanol–water partition coefficient (Wildman–Crippen LogP) is 3.75. The summed E-state index contributed by atoms with van der Waals surface area (Å²) in [5, 5.41) is 9.28. The highest BCUT2D eigenvalue weighted by molar-refractivity contribution is 9.10. The molecule has 3 rings (SSSR count). The van der Waals surface area contributed by atoms with E-state index in [0.717, 1.165) is 0 Å². The molecule has 0 saturated carbocycles. The Bertz CT molecular complexity index is 1380. The Balaban J connectivity index is 1.67. The molecular weight excluding hydrogens is 600 g/mol. The first-order valence-corrected chi connectivity index (χ1v) is 13.2. The molecule has 1 heterocycles. The quantitative estimate of drug-likeness (QED) is 0.131. The number of hydrogen-bond acceptors (Lipinski definition) is 9. The van der Waals surface area contributed by atoms with Gasteiger partial charge in [0.1, 0.15) is 6.61 Å². The zero-order valence-electron chi connectivity index (χ0n) is 23.0. The minimum absolute atomic E-state index is 0.182. The average Bonchev–Trinajstić information content (AvgIpc) is 2.94. The van der Waals surface area contributed by atoms with E-state index in [2.05, 4.69) is 43.7 Å². The molecule has 0 spiro atoms. The summed E-state index contributed by atoms with van der Waals surface area (Å²) in [7, 11) is 2.95. The second-order valence-corrected chi connectivity index (χ2v) is 9.27. The first kappa shape index (κ1) is 31.0. The van der Waals surface area contributed by atoms with Crippen LogP contribution in [0.1, 0.15) is 31.0 Å². The van der Waals surface area contributed by atoms with Crippen molar-refractivity contribution < 1.29 is 38.1 Å². The summed E-state index contributed by atoms with van der Waals surface area (Å²) in [6.45, 7) is 7.09. The van der Waals surface area contributed by atoms with E-state index >= 15 is 0 Å². The van der Waals surface area contributed by atoms with E-state index in [4.69, 9.17) is 23.7 Å². The van der Waals surface area contributed by atoms with E-state index < -0.39 is 23.9 Å². The second kappa shape index (κ2) is 14.7. The van der Waals surface area contributed by atoms with Crippen LogP contribution in [-0.2, 0) is 14.3 Å². The van der Waals surface area contributed by atoms with Gasteiger partial charge in [0.15, 0.2) is 29.6 Å². The maximum absolute atomic E-state index is 12.6. The van der Waals surface area contributed by atoms with Gasteiger partial charge >= 0.3 is 12.0 Å². The smallest absolute Gasteiger partial charge is 0.338 e. The van der Waals surface area contributed by atoms with Gasteiger partial charge in [-0.25, -0.2) is 15.0 Å². The van der Waals surface area contributed by atoms with E-state index in [9.17, 15) is 14.4 Å². The summed E-state index contributed by atoms with van der Waals surface area (Å²) in [6.07, 6.45) is 3.07. The fourth-order valence-electron chi connectivity index (χ4n) is 3.86. The number of carbonyl (C=O) groups is 3. The molecule has 2 aromatic rings. The van der Waals surface area contributed by atoms with E-state index in [-0.39, 0.29) is 24.5 Å². The summed E-state index contributed by atoms with van der Waals surface area (Å²) in [4.78, 5) is 37.1. The molecular formula is C28H31BrN4O8. The van der Waals surface area contributed by atoms with Crippen molar-refractivity contribution in [3.05, 3.63) is 69.9 Å². The number of hydrazone groups is 1. The summed E-state index contributed by atoms with van der Waals surface area (Å²) in [6, 6.07) is 7.08. The van der Waals surface area contributed by atoms with Gasteiger partial charge < -0.3 is 34.3 Å². The van der Waals surface area contributed by atoms with E-state index in [1.54, 1.807) is 50.3 Å². The Hall–Kier alpha value is -4.52. The van der Waals surface area contributed by atoms with Gasteiger partial charge in [0.25, 0.3) is 5.91 Å². The van der Waals surface area contributed by atoms with Crippen LogP contribution in [0.2, 0.25) is 0 Å². The highest BCUT2D eigenvalue weighted by atomic mass is 79.9. The monoisotopic (exact) mass is 630 g/mol. The third-order valence-electron chi connectivity index (χ3n) is 5.64. The third-order valence-corrected chi connectivity index (χ3v) is 6.23. The van der Waals surface area contributed by atoms with Gasteiger partial charge in [-0.05, 0) is 65.2 Å². The number of carbonyl (C=O) groups excluding carboxylic acids is 3. The lowest BCUT2D eigenvalue weighted by Gasteiger charge is -2.28. The molecule has 1 aliphatic rings. The van der Waals surface area contributed by atoms with Crippen LogP contribution in [0.5, 0.6) is 23.0 Å². The SMILES string of the molecule is C=CCOc1c(Br)cc(/C=N\NC(=O)COc2ccc([C@@H]3NC(=O)NC(C)=C3C(=O)OCC)cc2OC)cc1OC. The minimum Gasteiger partial charge on any atom is -0.493 e. The molecule has 41 heavy (non-hydrogen) atoms. The minimum atomic E-state index is -0.773. The first-order valence-electron chi connectivity index (χ1n) is 12.4. The summed E-state index contributed by atoms with van der Waals surface area (Å²) in [5.74, 6) is 0.505. The van der Waals surface area contributed by atoms with E-state index in [1.165, 1.54) is 20.4 Å². The summed E-state index contributed by atoms with van der Waals surface area (Å²) in [5.41, 5.74) is 4.26. The van der Waals surface area contributed by atoms with Gasteiger partial charge in [-0.1, -0.05) is 18.7 Å². The number of benzene rings is 2. The van der Waals surface area contributed by atoms with Gasteiger partial charge in [0.05, 0.1) is 43.1 Å². The van der Waals surface area contributed by atoms with Gasteiger partial charge in [0.2, 0.25) is 0 Å². The van der Waals surface area contributed by atoms with Crippen LogP contribution in [0.3, 0.4) is 0 Å². The molecule has 1 aliphatic heterocycles. The highest BCUT2D eigenvalue weighted by Crippen LogP contribution is 2.37. The van der Waals surface area contributed by atoms with Crippen molar-refractivity contribution >= 4 is 40.1 Å². The predicted molar refractivity (Wildman–Crippen MR) is 154 cm³/mol. The lowest BCUT2D eigenvalue weighted by Crippen LogP contribution is -2.45. The van der Waals surface area contributed by atoms with Crippen LogP contribution in [0.15, 0.2) is 63.8 Å². The molecule has 1 atom stereocenters. The Morgan fingerprint density at radius 2 is 1.88 bits per heavy atom. The van der Waals surface area contributed by atoms with Crippen molar-refractivity contribution in [2.45, 2.75) is 19.9 Å². The topological polar surface area (TPSA) is 146 Å². The molecule has 0 unspecified atom stereocenters. The molecule has 3 amide bonds. The Labute approximate surface area is 245 Å². The molecule has 0 aliphatic carbocycles. The van der Waals surface area contributed by atoms with Gasteiger partial charge in [-0.2, -0.15) is 5.10 Å². The molecule has 0 fully saturated rings. The Kier molecular flexibility index (Phi) is 11.2. The van der Waals surface area contributed by atoms with Crippen LogP contribution in [-0.4, -0.2) is 58.2 Å². The maximum atomic E-state index is 12.6. The number of allylic oxidation sites excluding steroid dienone is 1. The van der Waals surface area contributed by atoms with Crippen molar-refractivity contribution in [1.82, 2.24) is 16.1 Å². The number of urea groups is 1. The van der Waals surface area contributed by atoms with Crippen molar-refractivity contribution in [2.75, 3.05) is 34.0 Å². The number of nitrogens with one attached hydrogen (secondary N) is 3. The summed E-state index contributed by atoms with van der Waals surface area (Å²) >= 11 is 3.44.